The second-order valence-electron chi connectivity index (χ2n) is 5.20. The molecule has 0 spiro atoms. The molecule has 2 unspecified atom stereocenters. The monoisotopic (exact) mass is 269 g/mol. The Hall–Kier alpha value is -1.82. The van der Waals surface area contributed by atoms with E-state index in [0.717, 1.165) is 13.0 Å². The van der Waals surface area contributed by atoms with Crippen molar-refractivity contribution in [3.63, 3.8) is 0 Å². The minimum Gasteiger partial charge on any atom is -0.504 e. The van der Waals surface area contributed by atoms with Gasteiger partial charge >= 0.3 is 0 Å². The van der Waals surface area contributed by atoms with Gasteiger partial charge in [-0.1, -0.05) is 6.92 Å². The number of benzene rings is 1. The Morgan fingerprint density at radius 1 is 0.895 bits per heavy atom. The van der Waals surface area contributed by atoms with E-state index >= 15 is 0 Å². The predicted octanol–water partition coefficient (Wildman–Crippen LogP) is 1.44. The van der Waals surface area contributed by atoms with Crippen LogP contribution in [0.4, 0.5) is 0 Å². The Kier molecular flexibility index (Phi) is 3.36. The number of phenols is 5. The lowest BCUT2D eigenvalue weighted by Crippen LogP contribution is -2.28. The molecule has 106 valence electrons. The molecule has 19 heavy (non-hydrogen) atoms. The van der Waals surface area contributed by atoms with Crippen LogP contribution >= 0.6 is 0 Å². The maximum absolute atomic E-state index is 9.79. The van der Waals surface area contributed by atoms with Crippen LogP contribution in [0.3, 0.4) is 0 Å². The molecule has 6 heteroatoms. The highest BCUT2D eigenvalue weighted by molar-refractivity contribution is 5.67. The van der Waals surface area contributed by atoms with Gasteiger partial charge in [-0.15, -0.1) is 0 Å². The minimum atomic E-state index is -0.915. The molecule has 0 aliphatic carbocycles. The number of nitrogens with zero attached hydrogens (tertiary/aromatic N) is 1. The Morgan fingerprint density at radius 3 is 1.79 bits per heavy atom. The van der Waals surface area contributed by atoms with Crippen LogP contribution in [0.1, 0.15) is 25.8 Å². The zero-order chi connectivity index (χ0) is 14.3. The number of phenolic OH excluding ortho intramolecular Hbond substituents is 5. The molecule has 0 amide bonds. The van der Waals surface area contributed by atoms with Crippen molar-refractivity contribution in [2.24, 2.45) is 5.92 Å². The summed E-state index contributed by atoms with van der Waals surface area (Å²) in [6, 6.07) is 0.275. The molecule has 0 radical (unpaired) electrons. The van der Waals surface area contributed by atoms with Crippen LogP contribution in [-0.2, 0) is 6.54 Å². The lowest BCUT2D eigenvalue weighted by molar-refractivity contribution is 0.229. The summed E-state index contributed by atoms with van der Waals surface area (Å²) in [5.74, 6) is -3.24. The van der Waals surface area contributed by atoms with Crippen molar-refractivity contribution in [2.45, 2.75) is 32.9 Å². The summed E-state index contributed by atoms with van der Waals surface area (Å²) in [5, 5.41) is 47.9. The van der Waals surface area contributed by atoms with Crippen LogP contribution in [0.2, 0.25) is 0 Å². The number of likely N-dealkylation sites (tertiary alicyclic amines) is 1. The molecule has 1 aromatic carbocycles. The zero-order valence-corrected chi connectivity index (χ0v) is 11.0. The first-order valence-corrected chi connectivity index (χ1v) is 6.26. The fourth-order valence-electron chi connectivity index (χ4n) is 2.48. The molecule has 1 aromatic rings. The molecule has 1 heterocycles. The predicted molar refractivity (Wildman–Crippen MR) is 68.4 cm³/mol. The molecule has 1 aliphatic heterocycles. The first kappa shape index (κ1) is 13.6. The van der Waals surface area contributed by atoms with Gasteiger partial charge in [-0.05, 0) is 25.8 Å². The molecule has 1 saturated heterocycles. The van der Waals surface area contributed by atoms with Crippen molar-refractivity contribution in [1.29, 1.82) is 0 Å². The van der Waals surface area contributed by atoms with E-state index in [1.54, 1.807) is 0 Å². The molecule has 0 aromatic heterocycles. The molecule has 2 atom stereocenters. The largest absolute Gasteiger partial charge is 0.504 e. The van der Waals surface area contributed by atoms with Gasteiger partial charge in [0.1, 0.15) is 0 Å². The summed E-state index contributed by atoms with van der Waals surface area (Å²) >= 11 is 0. The highest BCUT2D eigenvalue weighted by atomic mass is 16.4. The highest BCUT2D eigenvalue weighted by Gasteiger charge is 2.30. The van der Waals surface area contributed by atoms with E-state index < -0.39 is 28.7 Å². The summed E-state index contributed by atoms with van der Waals surface area (Å²) in [7, 11) is 0. The first-order valence-electron chi connectivity index (χ1n) is 6.26. The van der Waals surface area contributed by atoms with Crippen molar-refractivity contribution in [3.05, 3.63) is 5.56 Å². The van der Waals surface area contributed by atoms with Gasteiger partial charge in [0.2, 0.25) is 17.2 Å². The van der Waals surface area contributed by atoms with E-state index in [0.29, 0.717) is 5.92 Å². The molecule has 6 nitrogen and oxygen atoms in total. The topological polar surface area (TPSA) is 104 Å². The second kappa shape index (κ2) is 4.70. The molecule has 0 saturated carbocycles. The molecule has 2 rings (SSSR count). The van der Waals surface area contributed by atoms with Gasteiger partial charge in [0.05, 0.1) is 5.56 Å². The zero-order valence-electron chi connectivity index (χ0n) is 11.0. The van der Waals surface area contributed by atoms with Crippen molar-refractivity contribution in [1.82, 2.24) is 4.90 Å². The molecule has 0 bridgehead atoms. The normalized spacial score (nSPS) is 23.9. The quantitative estimate of drug-likeness (QED) is 0.411. The smallest absolute Gasteiger partial charge is 0.208 e. The third kappa shape index (κ3) is 2.12. The second-order valence-corrected chi connectivity index (χ2v) is 5.20. The fraction of sp³-hybridized carbons (Fsp3) is 0.538. The van der Waals surface area contributed by atoms with Gasteiger partial charge in [-0.3, -0.25) is 4.90 Å². The number of rotatable bonds is 2. The molecule has 1 aliphatic rings. The van der Waals surface area contributed by atoms with E-state index in [1.165, 1.54) is 0 Å². The van der Waals surface area contributed by atoms with Crippen molar-refractivity contribution in [3.8, 4) is 28.7 Å². The first-order chi connectivity index (χ1) is 8.84. The van der Waals surface area contributed by atoms with Gasteiger partial charge < -0.3 is 25.5 Å². The minimum absolute atomic E-state index is 0.0220. The van der Waals surface area contributed by atoms with Gasteiger partial charge in [0.25, 0.3) is 0 Å². The van der Waals surface area contributed by atoms with Gasteiger partial charge in [0, 0.05) is 12.6 Å². The molecular formula is C13H19NO5. The maximum Gasteiger partial charge on any atom is 0.208 e. The van der Waals surface area contributed by atoms with E-state index in [4.69, 9.17) is 0 Å². The van der Waals surface area contributed by atoms with E-state index in [9.17, 15) is 25.5 Å². The lowest BCUT2D eigenvalue weighted by Gasteiger charge is -2.24. The summed E-state index contributed by atoms with van der Waals surface area (Å²) in [5.41, 5.74) is 0.0220. The van der Waals surface area contributed by atoms with Crippen molar-refractivity contribution < 1.29 is 25.5 Å². The van der Waals surface area contributed by atoms with Crippen molar-refractivity contribution >= 4 is 0 Å². The van der Waals surface area contributed by atoms with Crippen LogP contribution in [0, 0.1) is 5.92 Å². The average Bonchev–Trinajstić information content (AvgIpc) is 2.71. The van der Waals surface area contributed by atoms with E-state index in [-0.39, 0.29) is 18.2 Å². The van der Waals surface area contributed by atoms with Gasteiger partial charge in [-0.25, -0.2) is 0 Å². The van der Waals surface area contributed by atoms with Crippen LogP contribution in [0.15, 0.2) is 0 Å². The van der Waals surface area contributed by atoms with Crippen molar-refractivity contribution in [2.75, 3.05) is 6.54 Å². The number of hydrogen-bond acceptors (Lipinski definition) is 6. The highest BCUT2D eigenvalue weighted by Crippen LogP contribution is 2.51. The number of aromatic hydroxyl groups is 5. The standard InChI is InChI=1S/C13H19NO5/c1-6-3-4-14(7(6)2)5-8-9(15)11(17)13(19)12(18)10(8)16/h6-7,15-19H,3-5H2,1-2H3. The Bertz CT molecular complexity index is 473. The van der Waals surface area contributed by atoms with Crippen LogP contribution in [-0.4, -0.2) is 43.0 Å². The SMILES string of the molecule is CC1CCN(Cc2c(O)c(O)c(O)c(O)c2O)C1C. The molecule has 5 N–H and O–H groups in total. The van der Waals surface area contributed by atoms with Crippen LogP contribution < -0.4 is 0 Å². The lowest BCUT2D eigenvalue weighted by atomic mass is 10.0. The van der Waals surface area contributed by atoms with Gasteiger partial charge in [-0.2, -0.15) is 0 Å². The van der Waals surface area contributed by atoms with E-state index in [1.807, 2.05) is 11.8 Å². The number of hydrogen-bond donors (Lipinski definition) is 5. The Labute approximate surface area is 111 Å². The summed E-state index contributed by atoms with van der Waals surface area (Å²) in [6.45, 7) is 5.18. The van der Waals surface area contributed by atoms with E-state index in [2.05, 4.69) is 6.92 Å². The summed E-state index contributed by atoms with van der Waals surface area (Å²) in [4.78, 5) is 2.04. The Morgan fingerprint density at radius 2 is 1.37 bits per heavy atom. The maximum atomic E-state index is 9.79. The van der Waals surface area contributed by atoms with Crippen LogP contribution in [0.5, 0.6) is 28.7 Å². The third-order valence-electron chi connectivity index (χ3n) is 4.10. The average molecular weight is 269 g/mol. The molecular weight excluding hydrogens is 250 g/mol. The summed E-state index contributed by atoms with van der Waals surface area (Å²) < 4.78 is 0. The molecule has 1 fully saturated rings. The summed E-state index contributed by atoms with van der Waals surface area (Å²) in [6.07, 6.45) is 1.01. The van der Waals surface area contributed by atoms with Crippen LogP contribution in [0.25, 0.3) is 0 Å². The Balaban J connectivity index is 2.36. The third-order valence-corrected chi connectivity index (χ3v) is 4.10. The fourth-order valence-corrected chi connectivity index (χ4v) is 2.48. The van der Waals surface area contributed by atoms with Gasteiger partial charge in [0.15, 0.2) is 11.5 Å².